The summed E-state index contributed by atoms with van der Waals surface area (Å²) < 4.78 is 25.7. The zero-order valence-electron chi connectivity index (χ0n) is 18.8. The maximum Gasteiger partial charge on any atom is 0.338 e. The van der Waals surface area contributed by atoms with E-state index >= 15 is 0 Å². The highest BCUT2D eigenvalue weighted by Gasteiger charge is 2.35. The maximum atomic E-state index is 13.7. The Balaban J connectivity index is 1.76. The Morgan fingerprint density at radius 2 is 2.11 bits per heavy atom. The summed E-state index contributed by atoms with van der Waals surface area (Å²) in [6.45, 7) is 4.12. The van der Waals surface area contributed by atoms with Crippen LogP contribution >= 0.6 is 49.9 Å². The quantitative estimate of drug-likeness (QED) is 0.288. The minimum absolute atomic E-state index is 0.126. The first-order valence-corrected chi connectivity index (χ1v) is 13.7. The van der Waals surface area contributed by atoms with E-state index in [1.54, 1.807) is 23.6 Å². The van der Waals surface area contributed by atoms with E-state index in [0.29, 0.717) is 53.6 Å². The number of aromatic nitrogens is 1. The summed E-state index contributed by atoms with van der Waals surface area (Å²) in [7, 11) is 0. The van der Waals surface area contributed by atoms with Gasteiger partial charge in [0.1, 0.15) is 5.76 Å². The van der Waals surface area contributed by atoms with E-state index in [2.05, 4.69) is 38.5 Å². The van der Waals surface area contributed by atoms with Crippen molar-refractivity contribution in [3.05, 3.63) is 74.8 Å². The number of allylic oxidation sites excluding steroid dienone is 1. The lowest BCUT2D eigenvalue weighted by molar-refractivity contribution is -0.139. The van der Waals surface area contributed by atoms with Crippen molar-refractivity contribution in [2.45, 2.75) is 32.7 Å². The number of ether oxygens (including phenoxy) is 3. The highest BCUT2D eigenvalue weighted by atomic mass is 127. The molecule has 0 saturated carbocycles. The number of carbonyl (C=O) groups is 1. The number of thiazole rings is 1. The van der Waals surface area contributed by atoms with Crippen LogP contribution in [0.15, 0.2) is 54.2 Å². The molecule has 0 unspecified atom stereocenters. The second-order valence-corrected chi connectivity index (χ2v) is 10.6. The summed E-state index contributed by atoms with van der Waals surface area (Å²) in [5, 5.41) is 0. The van der Waals surface area contributed by atoms with Crippen LogP contribution in [0.25, 0.3) is 6.08 Å². The molecule has 1 atom stereocenters. The average molecular weight is 671 g/mol. The summed E-state index contributed by atoms with van der Waals surface area (Å²) in [4.78, 5) is 32.2. The Bertz CT molecular complexity index is 1520. The van der Waals surface area contributed by atoms with Gasteiger partial charge in [0.15, 0.2) is 20.1 Å². The molecule has 0 saturated heterocycles. The van der Waals surface area contributed by atoms with Crippen molar-refractivity contribution in [3.63, 3.8) is 0 Å². The van der Waals surface area contributed by atoms with Crippen molar-refractivity contribution in [3.8, 4) is 11.5 Å². The fourth-order valence-corrected chi connectivity index (χ4v) is 5.80. The van der Waals surface area contributed by atoms with Crippen LogP contribution in [0, 0.1) is 3.77 Å². The van der Waals surface area contributed by atoms with Gasteiger partial charge in [-0.3, -0.25) is 9.36 Å². The smallest absolute Gasteiger partial charge is 0.338 e. The highest BCUT2D eigenvalue weighted by molar-refractivity contribution is 14.1. The number of hydrogen-bond donors (Lipinski definition) is 0. The molecule has 2 aliphatic rings. The third kappa shape index (κ3) is 4.49. The topological polar surface area (TPSA) is 92.3 Å². The first-order chi connectivity index (χ1) is 16.9. The molecule has 0 fully saturated rings. The van der Waals surface area contributed by atoms with Crippen LogP contribution in [0.5, 0.6) is 11.5 Å². The van der Waals surface area contributed by atoms with Crippen molar-refractivity contribution in [1.82, 2.24) is 4.57 Å². The van der Waals surface area contributed by atoms with Crippen molar-refractivity contribution in [2.24, 2.45) is 4.99 Å². The second kappa shape index (κ2) is 9.94. The Labute approximate surface area is 226 Å². The fourth-order valence-electron chi connectivity index (χ4n) is 4.08. The number of nitrogens with zero attached hydrogens (tertiary/aromatic N) is 2. The lowest BCUT2D eigenvalue weighted by Crippen LogP contribution is -2.40. The Morgan fingerprint density at radius 3 is 2.83 bits per heavy atom. The number of halogens is 2. The average Bonchev–Trinajstić information content (AvgIpc) is 3.51. The van der Waals surface area contributed by atoms with E-state index < -0.39 is 12.0 Å². The molecule has 0 bridgehead atoms. The molecule has 1 aromatic carbocycles. The molecule has 182 valence electrons. The van der Waals surface area contributed by atoms with Crippen LogP contribution in [0.4, 0.5) is 0 Å². The van der Waals surface area contributed by atoms with Gasteiger partial charge in [-0.2, -0.15) is 0 Å². The number of fused-ring (bicyclic) bond motifs is 2. The lowest BCUT2D eigenvalue weighted by atomic mass is 9.94. The molecule has 0 aliphatic carbocycles. The van der Waals surface area contributed by atoms with Crippen molar-refractivity contribution < 1.29 is 23.4 Å². The number of benzene rings is 1. The van der Waals surface area contributed by atoms with Crippen LogP contribution in [-0.4, -0.2) is 23.9 Å². The summed E-state index contributed by atoms with van der Waals surface area (Å²) in [5.41, 5.74) is 1.43. The van der Waals surface area contributed by atoms with E-state index in [-0.39, 0.29) is 19.0 Å². The molecule has 0 spiro atoms. The third-order valence-corrected chi connectivity index (χ3v) is 8.66. The van der Waals surface area contributed by atoms with Gasteiger partial charge in [-0.25, -0.2) is 9.79 Å². The van der Waals surface area contributed by atoms with Crippen LogP contribution in [-0.2, 0) is 9.53 Å². The summed E-state index contributed by atoms with van der Waals surface area (Å²) >= 11 is 6.77. The van der Waals surface area contributed by atoms with Crippen LogP contribution in [0.2, 0.25) is 0 Å². The predicted octanol–water partition coefficient (Wildman–Crippen LogP) is 4.27. The zero-order chi connectivity index (χ0) is 24.7. The minimum Gasteiger partial charge on any atom is -0.463 e. The zero-order valence-corrected chi connectivity index (χ0v) is 23.4. The van der Waals surface area contributed by atoms with Gasteiger partial charge in [-0.1, -0.05) is 30.7 Å². The van der Waals surface area contributed by atoms with Gasteiger partial charge in [0.05, 0.1) is 32.9 Å². The fraction of sp³-hybridized carbons (Fsp3) is 0.292. The molecule has 3 aromatic rings. The van der Waals surface area contributed by atoms with Crippen molar-refractivity contribution in [2.75, 3.05) is 13.4 Å². The molecule has 8 nitrogen and oxygen atoms in total. The number of esters is 1. The molecule has 35 heavy (non-hydrogen) atoms. The predicted molar refractivity (Wildman–Crippen MR) is 141 cm³/mol. The summed E-state index contributed by atoms with van der Waals surface area (Å²) in [5.74, 6) is 1.25. The summed E-state index contributed by atoms with van der Waals surface area (Å²) in [6.07, 6.45) is 3.05. The SMILES string of the molecule is CCCC1=C(C(=O)OCC)[C@H](c2ccc3c(c2)OCO3)n2c(s/c(=C/c3cc(Br)c(I)o3)c2=O)=N1. The van der Waals surface area contributed by atoms with E-state index in [0.717, 1.165) is 10.9 Å². The number of rotatable bonds is 6. The maximum absolute atomic E-state index is 13.7. The van der Waals surface area contributed by atoms with Crippen LogP contribution < -0.4 is 24.4 Å². The molecule has 5 rings (SSSR count). The molecule has 0 radical (unpaired) electrons. The van der Waals surface area contributed by atoms with Gasteiger partial charge in [0, 0.05) is 28.7 Å². The third-order valence-electron chi connectivity index (χ3n) is 5.54. The van der Waals surface area contributed by atoms with Crippen LogP contribution in [0.1, 0.15) is 44.1 Å². The van der Waals surface area contributed by atoms with E-state index in [1.165, 1.54) is 11.3 Å². The van der Waals surface area contributed by atoms with Crippen LogP contribution in [0.3, 0.4) is 0 Å². The van der Waals surface area contributed by atoms with Crippen molar-refractivity contribution in [1.29, 1.82) is 0 Å². The van der Waals surface area contributed by atoms with Crippen molar-refractivity contribution >= 4 is 61.9 Å². The highest BCUT2D eigenvalue weighted by Crippen LogP contribution is 2.38. The monoisotopic (exact) mass is 670 g/mol. The standard InChI is InChI=1S/C24H20BrIN2O6S/c1-3-5-15-19(23(30)31-4-2)20(12-6-7-16-17(8-12)33-11-32-16)28-22(29)18(35-24(28)27-15)10-13-9-14(25)21(26)34-13/h6-10,20H,3-5,11H2,1-2H3/b18-10+/t20-/m0/s1. The molecular formula is C24H20BrIN2O6S. The molecule has 4 heterocycles. The molecule has 11 heteroatoms. The van der Waals surface area contributed by atoms with Gasteiger partial charge in [0.2, 0.25) is 6.79 Å². The van der Waals surface area contributed by atoms with E-state index in [4.69, 9.17) is 23.6 Å². The Kier molecular flexibility index (Phi) is 6.91. The number of carbonyl (C=O) groups excluding carboxylic acids is 1. The first-order valence-electron chi connectivity index (χ1n) is 11.0. The van der Waals surface area contributed by atoms with Gasteiger partial charge in [0.25, 0.3) is 5.56 Å². The number of furan rings is 1. The Hall–Kier alpha value is -2.38. The second-order valence-electron chi connectivity index (χ2n) is 7.80. The van der Waals surface area contributed by atoms with Gasteiger partial charge < -0.3 is 18.6 Å². The first kappa shape index (κ1) is 24.3. The minimum atomic E-state index is -0.716. The van der Waals surface area contributed by atoms with Gasteiger partial charge in [-0.05, 0) is 53.0 Å². The lowest BCUT2D eigenvalue weighted by Gasteiger charge is -2.25. The molecule has 0 N–H and O–H groups in total. The largest absolute Gasteiger partial charge is 0.463 e. The van der Waals surface area contributed by atoms with Gasteiger partial charge >= 0.3 is 5.97 Å². The molecule has 2 aliphatic heterocycles. The van der Waals surface area contributed by atoms with E-state index in [1.807, 2.05) is 25.1 Å². The summed E-state index contributed by atoms with van der Waals surface area (Å²) in [6, 6.07) is 6.53. The normalized spacial score (nSPS) is 16.9. The van der Waals surface area contributed by atoms with E-state index in [9.17, 15) is 9.59 Å². The van der Waals surface area contributed by atoms with Gasteiger partial charge in [-0.15, -0.1) is 0 Å². The Morgan fingerprint density at radius 1 is 1.31 bits per heavy atom. The molecule has 2 aromatic heterocycles. The molecular weight excluding hydrogens is 651 g/mol. The number of hydrogen-bond acceptors (Lipinski definition) is 8. The molecule has 0 amide bonds.